The van der Waals surface area contributed by atoms with Crippen molar-refractivity contribution in [2.24, 2.45) is 0 Å². The molecule has 0 saturated heterocycles. The van der Waals surface area contributed by atoms with Crippen LogP contribution in [0.25, 0.3) is 0 Å². The number of hydrogen-bond donors (Lipinski definition) is 1. The van der Waals surface area contributed by atoms with Crippen LogP contribution < -0.4 is 4.72 Å². The van der Waals surface area contributed by atoms with Crippen LogP contribution in [0.2, 0.25) is 5.02 Å². The molecule has 5 nitrogen and oxygen atoms in total. The molecule has 3 rings (SSSR count). The van der Waals surface area contributed by atoms with Crippen LogP contribution >= 0.6 is 11.6 Å². The van der Waals surface area contributed by atoms with Crippen LogP contribution in [0.4, 0.5) is 0 Å². The van der Waals surface area contributed by atoms with Gasteiger partial charge in [-0.1, -0.05) is 29.8 Å². The van der Waals surface area contributed by atoms with E-state index in [0.29, 0.717) is 30.7 Å². The first-order chi connectivity index (χ1) is 14.3. The van der Waals surface area contributed by atoms with Crippen molar-refractivity contribution in [3.8, 4) is 0 Å². The van der Waals surface area contributed by atoms with Gasteiger partial charge in [0, 0.05) is 17.5 Å². The Kier molecular flexibility index (Phi) is 7.34. The van der Waals surface area contributed by atoms with E-state index in [-0.39, 0.29) is 16.9 Å². The predicted molar refractivity (Wildman–Crippen MR) is 118 cm³/mol. The van der Waals surface area contributed by atoms with Gasteiger partial charge in [-0.2, -0.15) is 0 Å². The second kappa shape index (κ2) is 9.77. The van der Waals surface area contributed by atoms with E-state index in [0.717, 1.165) is 29.5 Å². The quantitative estimate of drug-likeness (QED) is 0.490. The molecule has 7 heteroatoms. The summed E-state index contributed by atoms with van der Waals surface area (Å²) in [6.07, 6.45) is 5.57. The van der Waals surface area contributed by atoms with Crippen molar-refractivity contribution in [3.63, 3.8) is 0 Å². The summed E-state index contributed by atoms with van der Waals surface area (Å²) in [6.45, 7) is 3.81. The molecule has 0 aromatic heterocycles. The number of ether oxygens (including phenoxy) is 1. The van der Waals surface area contributed by atoms with Gasteiger partial charge in [0.25, 0.3) is 0 Å². The molecule has 1 aliphatic carbocycles. The average Bonchev–Trinajstić information content (AvgIpc) is 2.71. The fourth-order valence-electron chi connectivity index (χ4n) is 3.91. The Hall–Kier alpha value is -2.15. The van der Waals surface area contributed by atoms with Crippen molar-refractivity contribution in [1.29, 1.82) is 0 Å². The summed E-state index contributed by atoms with van der Waals surface area (Å²) in [5, 5.41) is 0.495. The number of nitrogens with one attached hydrogen (secondary N) is 1. The van der Waals surface area contributed by atoms with Crippen molar-refractivity contribution in [2.45, 2.75) is 49.5 Å². The standard InChI is InChI=1S/C23H26ClNO4S/c1-3-4-16-13-17(5-12-23(26)29-2)22-11-8-20(15-18(22)14-16)25-30(27,28)21-9-6-19(24)7-10-21/h3,6-7,9-10,13-14,20,25H,1,4-5,8,11-12,15H2,2H3. The number of rotatable bonds is 8. The first-order valence-electron chi connectivity index (χ1n) is 9.91. The number of esters is 1. The smallest absolute Gasteiger partial charge is 0.305 e. The molecule has 0 amide bonds. The highest BCUT2D eigenvalue weighted by molar-refractivity contribution is 7.89. The number of carbonyl (C=O) groups excluding carboxylic acids is 1. The molecule has 1 unspecified atom stereocenters. The van der Waals surface area contributed by atoms with E-state index in [1.54, 1.807) is 12.1 Å². The lowest BCUT2D eigenvalue weighted by Gasteiger charge is -2.28. The van der Waals surface area contributed by atoms with Gasteiger partial charge in [0.2, 0.25) is 10.0 Å². The molecule has 0 radical (unpaired) electrons. The number of fused-ring (bicyclic) bond motifs is 1. The number of halogens is 1. The molecule has 2 aromatic rings. The van der Waals surface area contributed by atoms with Crippen LogP contribution in [0, 0.1) is 0 Å². The van der Waals surface area contributed by atoms with Gasteiger partial charge in [-0.05, 0) is 78.6 Å². The van der Waals surface area contributed by atoms with Crippen molar-refractivity contribution in [2.75, 3.05) is 7.11 Å². The van der Waals surface area contributed by atoms with Gasteiger partial charge >= 0.3 is 5.97 Å². The van der Waals surface area contributed by atoms with Gasteiger partial charge in [-0.15, -0.1) is 6.58 Å². The minimum Gasteiger partial charge on any atom is -0.469 e. The van der Waals surface area contributed by atoms with Crippen LogP contribution in [0.5, 0.6) is 0 Å². The molecular weight excluding hydrogens is 422 g/mol. The Labute approximate surface area is 183 Å². The number of methoxy groups -OCH3 is 1. The zero-order valence-electron chi connectivity index (χ0n) is 17.0. The number of sulfonamides is 1. The molecule has 0 heterocycles. The molecule has 1 aliphatic rings. The van der Waals surface area contributed by atoms with Crippen LogP contribution in [0.15, 0.2) is 53.9 Å². The van der Waals surface area contributed by atoms with Gasteiger partial charge < -0.3 is 4.74 Å². The minimum atomic E-state index is -3.62. The normalized spacial score (nSPS) is 16.0. The molecule has 1 N–H and O–H groups in total. The molecule has 2 aromatic carbocycles. The largest absolute Gasteiger partial charge is 0.469 e. The highest BCUT2D eigenvalue weighted by atomic mass is 35.5. The Morgan fingerprint density at radius 1 is 1.30 bits per heavy atom. The topological polar surface area (TPSA) is 72.5 Å². The highest BCUT2D eigenvalue weighted by Crippen LogP contribution is 2.29. The average molecular weight is 448 g/mol. The third-order valence-electron chi connectivity index (χ3n) is 5.36. The van der Waals surface area contributed by atoms with Crippen molar-refractivity contribution >= 4 is 27.6 Å². The van der Waals surface area contributed by atoms with Crippen LogP contribution in [0.1, 0.15) is 35.1 Å². The zero-order valence-corrected chi connectivity index (χ0v) is 18.6. The van der Waals surface area contributed by atoms with Gasteiger partial charge in [0.1, 0.15) is 0 Å². The lowest BCUT2D eigenvalue weighted by Crippen LogP contribution is -2.39. The molecule has 0 saturated carbocycles. The maximum atomic E-state index is 12.8. The maximum absolute atomic E-state index is 12.8. The van der Waals surface area contributed by atoms with Gasteiger partial charge in [0.15, 0.2) is 0 Å². The third kappa shape index (κ3) is 5.50. The predicted octanol–water partition coefficient (Wildman–Crippen LogP) is 4.01. The summed E-state index contributed by atoms with van der Waals surface area (Å²) in [5.41, 5.74) is 4.59. The second-order valence-corrected chi connectivity index (χ2v) is 9.63. The minimum absolute atomic E-state index is 0.189. The number of aryl methyl sites for hydroxylation is 1. The Morgan fingerprint density at radius 2 is 2.03 bits per heavy atom. The van der Waals surface area contributed by atoms with Crippen molar-refractivity contribution < 1.29 is 17.9 Å². The number of benzene rings is 2. The van der Waals surface area contributed by atoms with Crippen molar-refractivity contribution in [1.82, 2.24) is 4.72 Å². The molecule has 0 aliphatic heterocycles. The number of hydrogen-bond acceptors (Lipinski definition) is 4. The summed E-state index contributed by atoms with van der Waals surface area (Å²) in [7, 11) is -2.23. The molecular formula is C23H26ClNO4S. The SMILES string of the molecule is C=CCc1cc(CCC(=O)OC)c2c(c1)CC(NS(=O)(=O)c1ccc(Cl)cc1)CC2. The highest BCUT2D eigenvalue weighted by Gasteiger charge is 2.26. The summed E-state index contributed by atoms with van der Waals surface area (Å²) in [6, 6.07) is 10.2. The van der Waals surface area contributed by atoms with Crippen LogP contribution in [-0.4, -0.2) is 27.5 Å². The number of carbonyl (C=O) groups is 1. The zero-order chi connectivity index (χ0) is 21.7. The summed E-state index contributed by atoms with van der Waals surface area (Å²) < 4.78 is 33.1. The first-order valence-corrected chi connectivity index (χ1v) is 11.8. The van der Waals surface area contributed by atoms with E-state index in [2.05, 4.69) is 23.4 Å². The van der Waals surface area contributed by atoms with Crippen LogP contribution in [-0.2, 0) is 45.2 Å². The lowest BCUT2D eigenvalue weighted by atomic mass is 9.83. The fraction of sp³-hybridized carbons (Fsp3) is 0.348. The molecule has 160 valence electrons. The van der Waals surface area contributed by atoms with E-state index in [1.165, 1.54) is 24.8 Å². The molecule has 0 fully saturated rings. The van der Waals surface area contributed by atoms with E-state index >= 15 is 0 Å². The van der Waals surface area contributed by atoms with Gasteiger partial charge in [-0.25, -0.2) is 13.1 Å². The molecule has 30 heavy (non-hydrogen) atoms. The summed E-state index contributed by atoms with van der Waals surface area (Å²) in [5.74, 6) is -0.234. The van der Waals surface area contributed by atoms with Gasteiger partial charge in [0.05, 0.1) is 12.0 Å². The fourth-order valence-corrected chi connectivity index (χ4v) is 5.30. The number of allylic oxidation sites excluding steroid dienone is 1. The Bertz CT molecular complexity index is 1030. The lowest BCUT2D eigenvalue weighted by molar-refractivity contribution is -0.140. The van der Waals surface area contributed by atoms with Crippen molar-refractivity contribution in [3.05, 3.63) is 76.3 Å². The maximum Gasteiger partial charge on any atom is 0.305 e. The second-order valence-electron chi connectivity index (χ2n) is 7.48. The Morgan fingerprint density at radius 3 is 2.70 bits per heavy atom. The van der Waals surface area contributed by atoms with E-state index in [4.69, 9.17) is 16.3 Å². The first kappa shape index (κ1) is 22.5. The van der Waals surface area contributed by atoms with E-state index in [9.17, 15) is 13.2 Å². The van der Waals surface area contributed by atoms with Crippen LogP contribution in [0.3, 0.4) is 0 Å². The van der Waals surface area contributed by atoms with E-state index in [1.807, 2.05) is 6.08 Å². The summed E-state index contributed by atoms with van der Waals surface area (Å²) in [4.78, 5) is 11.8. The van der Waals surface area contributed by atoms with E-state index < -0.39 is 10.0 Å². The third-order valence-corrected chi connectivity index (χ3v) is 7.14. The monoisotopic (exact) mass is 447 g/mol. The summed E-state index contributed by atoms with van der Waals surface area (Å²) >= 11 is 5.87. The molecule has 0 bridgehead atoms. The molecule has 1 atom stereocenters. The Balaban J connectivity index is 1.81. The van der Waals surface area contributed by atoms with Gasteiger partial charge in [-0.3, -0.25) is 4.79 Å². The molecule has 0 spiro atoms.